The standard InChI is InChI=1S/C22H32ClN3O3/c1-2-29-21(27)25-8-5-22(6-9-25)4-3-7-26(22)17-18-14-19(23)16-20(15-18)24-10-12-28-13-11-24/h14-16H,2-13,17H2,1H3. The van der Waals surface area contributed by atoms with E-state index in [-0.39, 0.29) is 11.6 Å². The fourth-order valence-corrected chi connectivity index (χ4v) is 5.33. The number of carbonyl (C=O) groups is 1. The van der Waals surface area contributed by atoms with Crippen molar-refractivity contribution >= 4 is 23.4 Å². The minimum absolute atomic E-state index is 0.170. The molecule has 1 aromatic rings. The number of ether oxygens (including phenoxy) is 2. The largest absolute Gasteiger partial charge is 0.450 e. The van der Waals surface area contributed by atoms with Gasteiger partial charge in [-0.3, -0.25) is 4.90 Å². The molecule has 1 aromatic carbocycles. The first-order valence-electron chi connectivity index (χ1n) is 10.9. The van der Waals surface area contributed by atoms with E-state index in [1.165, 1.54) is 24.1 Å². The fraction of sp³-hybridized carbons (Fsp3) is 0.682. The van der Waals surface area contributed by atoms with Crippen molar-refractivity contribution < 1.29 is 14.3 Å². The Balaban J connectivity index is 1.44. The van der Waals surface area contributed by atoms with E-state index in [2.05, 4.69) is 28.0 Å². The van der Waals surface area contributed by atoms with Gasteiger partial charge in [0.15, 0.2) is 0 Å². The van der Waals surface area contributed by atoms with Crippen LogP contribution in [0.15, 0.2) is 18.2 Å². The minimum atomic E-state index is -0.170. The van der Waals surface area contributed by atoms with Gasteiger partial charge in [0.05, 0.1) is 19.8 Å². The molecule has 0 atom stereocenters. The summed E-state index contributed by atoms with van der Waals surface area (Å²) in [6.45, 7) is 9.26. The summed E-state index contributed by atoms with van der Waals surface area (Å²) >= 11 is 6.48. The number of nitrogens with zero attached hydrogens (tertiary/aromatic N) is 3. The number of carbonyl (C=O) groups excluding carboxylic acids is 1. The summed E-state index contributed by atoms with van der Waals surface area (Å²) in [5, 5.41) is 0.800. The molecule has 6 nitrogen and oxygen atoms in total. The van der Waals surface area contributed by atoms with E-state index in [0.29, 0.717) is 6.61 Å². The first kappa shape index (κ1) is 20.8. The van der Waals surface area contributed by atoms with Gasteiger partial charge in [0.2, 0.25) is 0 Å². The molecule has 0 bridgehead atoms. The normalized spacial score (nSPS) is 22.3. The van der Waals surface area contributed by atoms with Gasteiger partial charge in [-0.1, -0.05) is 11.6 Å². The lowest BCUT2D eigenvalue weighted by Gasteiger charge is -2.45. The van der Waals surface area contributed by atoms with Crippen LogP contribution in [-0.2, 0) is 16.0 Å². The zero-order valence-corrected chi connectivity index (χ0v) is 18.1. The Morgan fingerprint density at radius 3 is 2.59 bits per heavy atom. The van der Waals surface area contributed by atoms with Crippen molar-refractivity contribution in [2.45, 2.75) is 44.7 Å². The smallest absolute Gasteiger partial charge is 0.409 e. The highest BCUT2D eigenvalue weighted by molar-refractivity contribution is 6.30. The maximum atomic E-state index is 12.1. The van der Waals surface area contributed by atoms with Crippen molar-refractivity contribution in [1.82, 2.24) is 9.80 Å². The second-order valence-electron chi connectivity index (χ2n) is 8.35. The van der Waals surface area contributed by atoms with E-state index in [0.717, 1.165) is 70.3 Å². The van der Waals surface area contributed by atoms with E-state index in [4.69, 9.17) is 21.1 Å². The molecule has 3 heterocycles. The fourth-order valence-electron chi connectivity index (χ4n) is 5.08. The third-order valence-electron chi connectivity index (χ3n) is 6.65. The van der Waals surface area contributed by atoms with Crippen molar-refractivity contribution in [1.29, 1.82) is 0 Å². The SMILES string of the molecule is CCOC(=O)N1CCC2(CCCN2Cc2cc(Cl)cc(N3CCOCC3)c2)CC1. The Bertz CT molecular complexity index is 715. The van der Waals surface area contributed by atoms with Gasteiger partial charge in [-0.05, 0) is 62.9 Å². The van der Waals surface area contributed by atoms with Crippen LogP contribution >= 0.6 is 11.6 Å². The van der Waals surface area contributed by atoms with Gasteiger partial charge < -0.3 is 19.3 Å². The Morgan fingerprint density at radius 2 is 1.86 bits per heavy atom. The first-order valence-corrected chi connectivity index (χ1v) is 11.3. The molecule has 0 unspecified atom stereocenters. The van der Waals surface area contributed by atoms with Gasteiger partial charge in [0, 0.05) is 49.0 Å². The summed E-state index contributed by atoms with van der Waals surface area (Å²) in [6.07, 6.45) is 4.29. The number of hydrogen-bond donors (Lipinski definition) is 0. The molecule has 3 fully saturated rings. The van der Waals surface area contributed by atoms with Crippen LogP contribution < -0.4 is 4.90 Å². The highest BCUT2D eigenvalue weighted by atomic mass is 35.5. The molecule has 0 aliphatic carbocycles. The highest BCUT2D eigenvalue weighted by Crippen LogP contribution is 2.40. The number of amides is 1. The number of halogens is 1. The maximum Gasteiger partial charge on any atom is 0.409 e. The van der Waals surface area contributed by atoms with Crippen LogP contribution in [0.1, 0.15) is 38.2 Å². The second kappa shape index (κ2) is 9.11. The van der Waals surface area contributed by atoms with Crippen molar-refractivity contribution in [3.05, 3.63) is 28.8 Å². The molecule has 3 aliphatic rings. The predicted molar refractivity (Wildman–Crippen MR) is 115 cm³/mol. The lowest BCUT2D eigenvalue weighted by atomic mass is 9.85. The molecule has 1 amide bonds. The van der Waals surface area contributed by atoms with Crippen LogP contribution in [-0.4, -0.2) is 74.0 Å². The van der Waals surface area contributed by atoms with Crippen molar-refractivity contribution in [3.8, 4) is 0 Å². The molecular formula is C22H32ClN3O3. The monoisotopic (exact) mass is 421 g/mol. The summed E-state index contributed by atoms with van der Waals surface area (Å²) in [6, 6.07) is 6.45. The molecular weight excluding hydrogens is 390 g/mol. The third kappa shape index (κ3) is 4.65. The van der Waals surface area contributed by atoms with E-state index in [1.807, 2.05) is 11.8 Å². The highest BCUT2D eigenvalue weighted by Gasteiger charge is 2.43. The average Bonchev–Trinajstić information content (AvgIpc) is 3.10. The third-order valence-corrected chi connectivity index (χ3v) is 6.87. The van der Waals surface area contributed by atoms with E-state index in [9.17, 15) is 4.79 Å². The van der Waals surface area contributed by atoms with Crippen LogP contribution in [0, 0.1) is 0 Å². The molecule has 0 radical (unpaired) electrons. The van der Waals surface area contributed by atoms with Gasteiger partial charge in [-0.25, -0.2) is 4.79 Å². The minimum Gasteiger partial charge on any atom is -0.450 e. The van der Waals surface area contributed by atoms with Crippen molar-refractivity contribution in [3.63, 3.8) is 0 Å². The van der Waals surface area contributed by atoms with Crippen LogP contribution in [0.2, 0.25) is 5.02 Å². The van der Waals surface area contributed by atoms with E-state index >= 15 is 0 Å². The zero-order valence-electron chi connectivity index (χ0n) is 17.4. The van der Waals surface area contributed by atoms with Crippen LogP contribution in [0.25, 0.3) is 0 Å². The quantitative estimate of drug-likeness (QED) is 0.740. The van der Waals surface area contributed by atoms with Crippen molar-refractivity contribution in [2.24, 2.45) is 0 Å². The lowest BCUT2D eigenvalue weighted by molar-refractivity contribution is 0.0385. The predicted octanol–water partition coefficient (Wildman–Crippen LogP) is 3.76. The molecule has 3 saturated heterocycles. The molecule has 0 N–H and O–H groups in total. The van der Waals surface area contributed by atoms with Crippen LogP contribution in [0.3, 0.4) is 0 Å². The average molecular weight is 422 g/mol. The Labute approximate surface area is 178 Å². The van der Waals surface area contributed by atoms with Gasteiger partial charge in [0.25, 0.3) is 0 Å². The number of benzene rings is 1. The van der Waals surface area contributed by atoms with Crippen LogP contribution in [0.5, 0.6) is 0 Å². The number of rotatable bonds is 4. The number of morpholine rings is 1. The molecule has 1 spiro atoms. The van der Waals surface area contributed by atoms with Gasteiger partial charge >= 0.3 is 6.09 Å². The first-order chi connectivity index (χ1) is 14.1. The van der Waals surface area contributed by atoms with Crippen LogP contribution in [0.4, 0.5) is 10.5 Å². The van der Waals surface area contributed by atoms with Gasteiger partial charge in [0.1, 0.15) is 0 Å². The zero-order chi connectivity index (χ0) is 20.3. The Hall–Kier alpha value is -1.50. The van der Waals surface area contributed by atoms with E-state index < -0.39 is 0 Å². The summed E-state index contributed by atoms with van der Waals surface area (Å²) in [5.41, 5.74) is 2.67. The number of piperidine rings is 1. The Morgan fingerprint density at radius 1 is 1.10 bits per heavy atom. The molecule has 160 valence electrons. The Kier molecular flexibility index (Phi) is 6.52. The lowest BCUT2D eigenvalue weighted by Crippen LogP contribution is -2.53. The number of hydrogen-bond acceptors (Lipinski definition) is 5. The summed E-state index contributed by atoms with van der Waals surface area (Å²) < 4.78 is 10.7. The van der Waals surface area contributed by atoms with Gasteiger partial charge in [-0.2, -0.15) is 0 Å². The van der Waals surface area contributed by atoms with E-state index in [1.54, 1.807) is 0 Å². The summed E-state index contributed by atoms with van der Waals surface area (Å²) in [7, 11) is 0. The molecule has 4 rings (SSSR count). The second-order valence-corrected chi connectivity index (χ2v) is 8.79. The summed E-state index contributed by atoms with van der Waals surface area (Å²) in [5.74, 6) is 0. The molecule has 3 aliphatic heterocycles. The molecule has 0 aromatic heterocycles. The number of likely N-dealkylation sites (tertiary alicyclic amines) is 2. The molecule has 29 heavy (non-hydrogen) atoms. The van der Waals surface area contributed by atoms with Crippen molar-refractivity contribution in [2.75, 3.05) is 57.4 Å². The van der Waals surface area contributed by atoms with Gasteiger partial charge in [-0.15, -0.1) is 0 Å². The molecule has 7 heteroatoms. The molecule has 0 saturated carbocycles. The number of anilines is 1. The topological polar surface area (TPSA) is 45.2 Å². The summed E-state index contributed by atoms with van der Waals surface area (Å²) in [4.78, 5) is 18.9. The maximum absolute atomic E-state index is 12.1.